The van der Waals surface area contributed by atoms with Crippen LogP contribution in [0.3, 0.4) is 0 Å². The van der Waals surface area contributed by atoms with Crippen LogP contribution in [0, 0.1) is 0 Å². The number of hydrogen-bond acceptors (Lipinski definition) is 1. The molecule has 0 bridgehead atoms. The number of alkyl halides is 2. The van der Waals surface area contributed by atoms with Crippen molar-refractivity contribution < 1.29 is 0 Å². The maximum absolute atomic E-state index is 5.76. The van der Waals surface area contributed by atoms with Crippen LogP contribution in [0.5, 0.6) is 0 Å². The van der Waals surface area contributed by atoms with Crippen molar-refractivity contribution in [2.75, 3.05) is 31.4 Å². The van der Waals surface area contributed by atoms with Crippen molar-refractivity contribution in [2.45, 2.75) is 19.3 Å². The summed E-state index contributed by atoms with van der Waals surface area (Å²) in [6.45, 7) is 2.99. The molecule has 0 amide bonds. The molecule has 0 atom stereocenters. The normalized spacial score (nSPS) is 10.4. The molecule has 0 heterocycles. The van der Waals surface area contributed by atoms with E-state index in [0.29, 0.717) is 11.8 Å². The fraction of sp³-hybridized carbons (Fsp3) is 0.571. The van der Waals surface area contributed by atoms with E-state index in [4.69, 9.17) is 23.2 Å². The van der Waals surface area contributed by atoms with Crippen molar-refractivity contribution in [2.24, 2.45) is 0 Å². The Morgan fingerprint density at radius 2 is 1.44 bits per heavy atom. The van der Waals surface area contributed by atoms with Gasteiger partial charge in [-0.25, -0.2) is 0 Å². The predicted octanol–water partition coefficient (Wildman–Crippen LogP) is 4.21. The molecular formula is C14H22Cl3N. The summed E-state index contributed by atoms with van der Waals surface area (Å²) < 4.78 is 0. The van der Waals surface area contributed by atoms with Gasteiger partial charge in [0.25, 0.3) is 0 Å². The van der Waals surface area contributed by atoms with Gasteiger partial charge in [0, 0.05) is 24.8 Å². The molecular weight excluding hydrogens is 289 g/mol. The predicted molar refractivity (Wildman–Crippen MR) is 84.5 cm³/mol. The van der Waals surface area contributed by atoms with Gasteiger partial charge in [0.15, 0.2) is 0 Å². The quantitative estimate of drug-likeness (QED) is 0.488. The topological polar surface area (TPSA) is 3.24 Å². The van der Waals surface area contributed by atoms with Crippen molar-refractivity contribution in [1.82, 2.24) is 4.90 Å². The molecule has 1 aromatic rings. The van der Waals surface area contributed by atoms with Crippen LogP contribution < -0.4 is 0 Å². The highest BCUT2D eigenvalue weighted by atomic mass is 35.5. The van der Waals surface area contributed by atoms with Gasteiger partial charge in [-0.3, -0.25) is 0 Å². The lowest BCUT2D eigenvalue weighted by atomic mass is 10.1. The lowest BCUT2D eigenvalue weighted by Crippen LogP contribution is -2.29. The third-order valence-corrected chi connectivity index (χ3v) is 3.17. The molecule has 18 heavy (non-hydrogen) atoms. The summed E-state index contributed by atoms with van der Waals surface area (Å²) in [7, 11) is 0. The van der Waals surface area contributed by atoms with Crippen molar-refractivity contribution >= 4 is 35.6 Å². The largest absolute Gasteiger partial charge is 0.301 e. The van der Waals surface area contributed by atoms with E-state index in [2.05, 4.69) is 35.2 Å². The second-order valence-electron chi connectivity index (χ2n) is 4.16. The van der Waals surface area contributed by atoms with E-state index >= 15 is 0 Å². The zero-order chi connectivity index (χ0) is 12.3. The number of unbranched alkanes of at least 4 members (excludes halogenated alkanes) is 1. The van der Waals surface area contributed by atoms with Crippen molar-refractivity contribution in [1.29, 1.82) is 0 Å². The van der Waals surface area contributed by atoms with Gasteiger partial charge in [-0.2, -0.15) is 0 Å². The SMILES string of the molecule is Cl.ClCCN(CCCl)CCCCc1ccccc1. The van der Waals surface area contributed by atoms with Gasteiger partial charge in [-0.1, -0.05) is 30.3 Å². The van der Waals surface area contributed by atoms with Crippen LogP contribution in [0.2, 0.25) is 0 Å². The molecule has 0 aliphatic heterocycles. The van der Waals surface area contributed by atoms with Crippen LogP contribution in [-0.2, 0) is 6.42 Å². The van der Waals surface area contributed by atoms with Gasteiger partial charge in [0.05, 0.1) is 0 Å². The van der Waals surface area contributed by atoms with E-state index < -0.39 is 0 Å². The summed E-state index contributed by atoms with van der Waals surface area (Å²) in [6, 6.07) is 10.6. The van der Waals surface area contributed by atoms with Crippen molar-refractivity contribution in [3.8, 4) is 0 Å². The van der Waals surface area contributed by atoms with Crippen LogP contribution in [0.15, 0.2) is 30.3 Å². The number of rotatable bonds is 9. The molecule has 0 fully saturated rings. The van der Waals surface area contributed by atoms with E-state index in [1.54, 1.807) is 0 Å². The fourth-order valence-corrected chi connectivity index (χ4v) is 2.36. The molecule has 104 valence electrons. The first kappa shape index (κ1) is 18.0. The van der Waals surface area contributed by atoms with Gasteiger partial charge in [0.1, 0.15) is 0 Å². The van der Waals surface area contributed by atoms with Gasteiger partial charge >= 0.3 is 0 Å². The standard InChI is InChI=1S/C14H21Cl2N.ClH/c15-9-12-17(13-10-16)11-5-4-8-14-6-2-1-3-7-14;/h1-3,6-7H,4-5,8-13H2;1H. The van der Waals surface area contributed by atoms with Gasteiger partial charge < -0.3 is 4.90 Å². The molecule has 1 rings (SSSR count). The van der Waals surface area contributed by atoms with Crippen LogP contribution in [0.4, 0.5) is 0 Å². The Morgan fingerprint density at radius 1 is 0.833 bits per heavy atom. The zero-order valence-corrected chi connectivity index (χ0v) is 13.0. The van der Waals surface area contributed by atoms with Crippen LogP contribution in [0.25, 0.3) is 0 Å². The molecule has 0 spiro atoms. The molecule has 0 N–H and O–H groups in total. The van der Waals surface area contributed by atoms with Crippen LogP contribution >= 0.6 is 35.6 Å². The minimum Gasteiger partial charge on any atom is -0.301 e. The minimum atomic E-state index is 0. The number of aryl methyl sites for hydroxylation is 1. The Labute approximate surface area is 127 Å². The van der Waals surface area contributed by atoms with Gasteiger partial charge in [-0.15, -0.1) is 35.6 Å². The molecule has 1 aromatic carbocycles. The molecule has 0 aliphatic carbocycles. The third-order valence-electron chi connectivity index (χ3n) is 2.83. The van der Waals surface area contributed by atoms with E-state index in [-0.39, 0.29) is 12.4 Å². The van der Waals surface area contributed by atoms with Gasteiger partial charge in [-0.05, 0) is 31.4 Å². The highest BCUT2D eigenvalue weighted by molar-refractivity contribution is 6.18. The number of halogens is 3. The van der Waals surface area contributed by atoms with E-state index in [1.165, 1.54) is 18.4 Å². The second kappa shape index (κ2) is 12.1. The smallest absolute Gasteiger partial charge is 0.0351 e. The van der Waals surface area contributed by atoms with E-state index in [1.807, 2.05) is 0 Å². The van der Waals surface area contributed by atoms with E-state index in [0.717, 1.165) is 26.1 Å². The lowest BCUT2D eigenvalue weighted by Gasteiger charge is -2.19. The Morgan fingerprint density at radius 3 is 2.00 bits per heavy atom. The summed E-state index contributed by atoms with van der Waals surface area (Å²) in [5.74, 6) is 1.38. The summed E-state index contributed by atoms with van der Waals surface area (Å²) in [6.07, 6.45) is 3.60. The summed E-state index contributed by atoms with van der Waals surface area (Å²) >= 11 is 11.5. The van der Waals surface area contributed by atoms with Crippen molar-refractivity contribution in [3.63, 3.8) is 0 Å². The fourth-order valence-electron chi connectivity index (χ4n) is 1.88. The number of nitrogens with zero attached hydrogens (tertiary/aromatic N) is 1. The Kier molecular flexibility index (Phi) is 12.1. The molecule has 0 saturated heterocycles. The third kappa shape index (κ3) is 8.20. The molecule has 4 heteroatoms. The van der Waals surface area contributed by atoms with E-state index in [9.17, 15) is 0 Å². The monoisotopic (exact) mass is 309 g/mol. The van der Waals surface area contributed by atoms with Crippen LogP contribution in [-0.4, -0.2) is 36.3 Å². The first-order valence-electron chi connectivity index (χ1n) is 6.25. The molecule has 1 nitrogen and oxygen atoms in total. The summed E-state index contributed by atoms with van der Waals surface area (Å²) in [5.41, 5.74) is 1.42. The maximum Gasteiger partial charge on any atom is 0.0351 e. The number of benzene rings is 1. The molecule has 0 radical (unpaired) electrons. The molecule has 0 unspecified atom stereocenters. The second-order valence-corrected chi connectivity index (χ2v) is 4.92. The molecule has 0 aromatic heterocycles. The first-order valence-corrected chi connectivity index (χ1v) is 7.32. The lowest BCUT2D eigenvalue weighted by molar-refractivity contribution is 0.300. The average molecular weight is 311 g/mol. The zero-order valence-electron chi connectivity index (χ0n) is 10.7. The maximum atomic E-state index is 5.76. The Balaban J connectivity index is 0.00000289. The van der Waals surface area contributed by atoms with Crippen molar-refractivity contribution in [3.05, 3.63) is 35.9 Å². The molecule has 0 aliphatic rings. The molecule has 0 saturated carbocycles. The highest BCUT2D eigenvalue weighted by Crippen LogP contribution is 2.05. The average Bonchev–Trinajstić information content (AvgIpc) is 2.36. The highest BCUT2D eigenvalue weighted by Gasteiger charge is 2.02. The van der Waals surface area contributed by atoms with Gasteiger partial charge in [0.2, 0.25) is 0 Å². The van der Waals surface area contributed by atoms with Crippen LogP contribution in [0.1, 0.15) is 18.4 Å². The number of hydrogen-bond donors (Lipinski definition) is 0. The Bertz CT molecular complexity index is 274. The Hall–Kier alpha value is 0.0500. The summed E-state index contributed by atoms with van der Waals surface area (Å²) in [5, 5.41) is 0. The first-order chi connectivity index (χ1) is 8.36. The minimum absolute atomic E-state index is 0. The summed E-state index contributed by atoms with van der Waals surface area (Å²) in [4.78, 5) is 2.34.